The summed E-state index contributed by atoms with van der Waals surface area (Å²) in [5.74, 6) is 1.16. The molecule has 9 heteroatoms. The van der Waals surface area contributed by atoms with Gasteiger partial charge in [0.2, 0.25) is 0 Å². The van der Waals surface area contributed by atoms with Crippen LogP contribution in [0.15, 0.2) is 29.0 Å². The van der Waals surface area contributed by atoms with Crippen LogP contribution in [0.5, 0.6) is 11.5 Å². The van der Waals surface area contributed by atoms with E-state index in [2.05, 4.69) is 15.3 Å². The van der Waals surface area contributed by atoms with Gasteiger partial charge in [-0.1, -0.05) is 0 Å². The number of fused-ring (bicyclic) bond motifs is 1. The predicted octanol–water partition coefficient (Wildman–Crippen LogP) is 3.44. The number of carbonyl (C=O) groups excluding carboxylic acids is 1. The highest BCUT2D eigenvalue weighted by atomic mass is 32.1. The number of hydrogen-bond donors (Lipinski definition) is 1. The summed E-state index contributed by atoms with van der Waals surface area (Å²) < 4.78 is 16.1. The molecule has 0 fully saturated rings. The number of amides is 1. The van der Waals surface area contributed by atoms with Crippen LogP contribution in [-0.2, 0) is 11.3 Å². The quantitative estimate of drug-likeness (QED) is 0.720. The number of methoxy groups -OCH3 is 1. The molecule has 0 saturated heterocycles. The third kappa shape index (κ3) is 3.55. The van der Waals surface area contributed by atoms with E-state index in [1.807, 2.05) is 23.6 Å². The van der Waals surface area contributed by atoms with Gasteiger partial charge >= 0.3 is 0 Å². The van der Waals surface area contributed by atoms with Crippen LogP contribution in [-0.4, -0.2) is 36.2 Å². The topological polar surface area (TPSA) is 82.6 Å². The lowest BCUT2D eigenvalue weighted by molar-refractivity contribution is 0.102. The fourth-order valence-electron chi connectivity index (χ4n) is 2.43. The minimum Gasteiger partial charge on any atom is -0.486 e. The first-order chi connectivity index (χ1) is 12.7. The molecule has 4 rings (SSSR count). The molecule has 0 radical (unpaired) electrons. The van der Waals surface area contributed by atoms with Crippen LogP contribution < -0.4 is 14.8 Å². The van der Waals surface area contributed by atoms with Crippen molar-refractivity contribution >= 4 is 33.7 Å². The second-order valence-electron chi connectivity index (χ2n) is 5.41. The van der Waals surface area contributed by atoms with Crippen molar-refractivity contribution < 1.29 is 19.0 Å². The molecular formula is C17H15N3O4S2. The van der Waals surface area contributed by atoms with E-state index in [-0.39, 0.29) is 5.91 Å². The number of rotatable bonds is 5. The Kier molecular flexibility index (Phi) is 4.83. The van der Waals surface area contributed by atoms with E-state index in [1.54, 1.807) is 12.5 Å². The van der Waals surface area contributed by atoms with Crippen molar-refractivity contribution in [3.8, 4) is 22.8 Å². The van der Waals surface area contributed by atoms with E-state index in [4.69, 9.17) is 14.2 Å². The average molecular weight is 389 g/mol. The smallest absolute Gasteiger partial charge is 0.276 e. The fraction of sp³-hybridized carbons (Fsp3) is 0.235. The Balaban J connectivity index is 1.48. The molecular weight excluding hydrogens is 374 g/mol. The van der Waals surface area contributed by atoms with Crippen molar-refractivity contribution in [2.24, 2.45) is 0 Å². The molecule has 1 aliphatic rings. The number of aromatic nitrogens is 2. The second-order valence-corrected chi connectivity index (χ2v) is 7.21. The maximum absolute atomic E-state index is 12.3. The normalized spacial score (nSPS) is 12.8. The van der Waals surface area contributed by atoms with Gasteiger partial charge in [-0.2, -0.15) is 0 Å². The van der Waals surface area contributed by atoms with Gasteiger partial charge < -0.3 is 14.2 Å². The number of hydrogen-bond acceptors (Lipinski definition) is 8. The molecule has 1 aromatic carbocycles. The highest BCUT2D eigenvalue weighted by Crippen LogP contribution is 2.35. The van der Waals surface area contributed by atoms with E-state index in [9.17, 15) is 4.79 Å². The molecule has 134 valence electrons. The third-order valence-electron chi connectivity index (χ3n) is 3.61. The molecule has 1 N–H and O–H groups in total. The number of anilines is 1. The molecule has 0 unspecified atom stereocenters. The standard InChI is InChI=1S/C17H15N3O4S2/c1-22-7-15-18-12(9-25-15)16(21)20-17-19-11(8-26-17)10-2-3-13-14(6-10)24-5-4-23-13/h2-3,6,8-9H,4-5,7H2,1H3,(H,19,20,21). The van der Waals surface area contributed by atoms with Gasteiger partial charge in [0.15, 0.2) is 16.6 Å². The van der Waals surface area contributed by atoms with Gasteiger partial charge in [-0.15, -0.1) is 22.7 Å². The lowest BCUT2D eigenvalue weighted by Gasteiger charge is -2.18. The van der Waals surface area contributed by atoms with Crippen LogP contribution in [0.3, 0.4) is 0 Å². The largest absolute Gasteiger partial charge is 0.486 e. The SMILES string of the molecule is COCc1nc(C(=O)Nc2nc(-c3ccc4c(c3)OCCO4)cs2)cs1. The Morgan fingerprint density at radius 2 is 2.04 bits per heavy atom. The Morgan fingerprint density at radius 1 is 1.19 bits per heavy atom. The molecule has 26 heavy (non-hydrogen) atoms. The highest BCUT2D eigenvalue weighted by molar-refractivity contribution is 7.14. The number of nitrogens with zero attached hydrogens (tertiary/aromatic N) is 2. The molecule has 2 aromatic heterocycles. The van der Waals surface area contributed by atoms with Gasteiger partial charge in [-0.05, 0) is 18.2 Å². The number of nitrogens with one attached hydrogen (secondary N) is 1. The highest BCUT2D eigenvalue weighted by Gasteiger charge is 2.16. The molecule has 7 nitrogen and oxygen atoms in total. The minimum atomic E-state index is -0.285. The summed E-state index contributed by atoms with van der Waals surface area (Å²) >= 11 is 2.75. The lowest BCUT2D eigenvalue weighted by atomic mass is 10.1. The summed E-state index contributed by atoms with van der Waals surface area (Å²) in [4.78, 5) is 21.0. The van der Waals surface area contributed by atoms with Gasteiger partial charge in [0.1, 0.15) is 23.9 Å². The maximum Gasteiger partial charge on any atom is 0.276 e. The van der Waals surface area contributed by atoms with E-state index >= 15 is 0 Å². The number of carbonyl (C=O) groups is 1. The number of ether oxygens (including phenoxy) is 3. The Hall–Kier alpha value is -2.49. The first-order valence-electron chi connectivity index (χ1n) is 7.83. The zero-order valence-electron chi connectivity index (χ0n) is 13.9. The van der Waals surface area contributed by atoms with Crippen molar-refractivity contribution in [1.82, 2.24) is 9.97 Å². The summed E-state index contributed by atoms with van der Waals surface area (Å²) in [7, 11) is 1.59. The van der Waals surface area contributed by atoms with Gasteiger partial charge in [-0.3, -0.25) is 10.1 Å². The summed E-state index contributed by atoms with van der Waals surface area (Å²) in [6, 6.07) is 5.69. The Morgan fingerprint density at radius 3 is 2.88 bits per heavy atom. The van der Waals surface area contributed by atoms with Crippen LogP contribution in [0.25, 0.3) is 11.3 Å². The van der Waals surface area contributed by atoms with Crippen molar-refractivity contribution in [1.29, 1.82) is 0 Å². The van der Waals surface area contributed by atoms with E-state index in [0.29, 0.717) is 36.4 Å². The summed E-state index contributed by atoms with van der Waals surface area (Å²) in [6.45, 7) is 1.49. The molecule has 0 atom stereocenters. The molecule has 3 heterocycles. The van der Waals surface area contributed by atoms with Crippen molar-refractivity contribution in [2.75, 3.05) is 25.6 Å². The Bertz CT molecular complexity index is 938. The summed E-state index contributed by atoms with van der Waals surface area (Å²) in [6.07, 6.45) is 0. The lowest BCUT2D eigenvalue weighted by Crippen LogP contribution is -2.15. The van der Waals surface area contributed by atoms with Crippen LogP contribution in [0, 0.1) is 0 Å². The number of benzene rings is 1. The van der Waals surface area contributed by atoms with Crippen molar-refractivity contribution in [2.45, 2.75) is 6.61 Å². The monoisotopic (exact) mass is 389 g/mol. The van der Waals surface area contributed by atoms with Gasteiger partial charge in [-0.25, -0.2) is 9.97 Å². The zero-order chi connectivity index (χ0) is 17.9. The molecule has 1 amide bonds. The molecule has 0 saturated carbocycles. The van der Waals surface area contributed by atoms with Crippen LogP contribution in [0.4, 0.5) is 5.13 Å². The summed E-state index contributed by atoms with van der Waals surface area (Å²) in [5, 5.41) is 7.65. The van der Waals surface area contributed by atoms with Crippen LogP contribution in [0.1, 0.15) is 15.5 Å². The molecule has 0 spiro atoms. The first kappa shape index (κ1) is 17.0. The average Bonchev–Trinajstić information content (AvgIpc) is 3.31. The number of thiazole rings is 2. The molecule has 3 aromatic rings. The van der Waals surface area contributed by atoms with Gasteiger partial charge in [0.25, 0.3) is 5.91 Å². The third-order valence-corrected chi connectivity index (χ3v) is 5.19. The van der Waals surface area contributed by atoms with Crippen LogP contribution in [0.2, 0.25) is 0 Å². The maximum atomic E-state index is 12.3. The van der Waals surface area contributed by atoms with Crippen molar-refractivity contribution in [3.63, 3.8) is 0 Å². The second kappa shape index (κ2) is 7.40. The van der Waals surface area contributed by atoms with E-state index < -0.39 is 0 Å². The zero-order valence-corrected chi connectivity index (χ0v) is 15.5. The Labute approximate surface area is 157 Å². The molecule has 1 aliphatic heterocycles. The molecule has 0 bridgehead atoms. The van der Waals surface area contributed by atoms with Gasteiger partial charge in [0, 0.05) is 23.4 Å². The molecule has 0 aliphatic carbocycles. The predicted molar refractivity (Wildman–Crippen MR) is 99.3 cm³/mol. The summed E-state index contributed by atoms with van der Waals surface area (Å²) in [5.41, 5.74) is 2.03. The fourth-order valence-corrected chi connectivity index (χ4v) is 3.89. The minimum absolute atomic E-state index is 0.285. The van der Waals surface area contributed by atoms with Gasteiger partial charge in [0.05, 0.1) is 12.3 Å². The van der Waals surface area contributed by atoms with Crippen LogP contribution >= 0.6 is 22.7 Å². The van der Waals surface area contributed by atoms with E-state index in [0.717, 1.165) is 22.0 Å². The van der Waals surface area contributed by atoms with E-state index in [1.165, 1.54) is 22.7 Å². The van der Waals surface area contributed by atoms with Crippen molar-refractivity contribution in [3.05, 3.63) is 39.7 Å². The first-order valence-corrected chi connectivity index (χ1v) is 9.59.